The molecule has 0 N–H and O–H groups in total. The Labute approximate surface area is 136 Å². The van der Waals surface area contributed by atoms with E-state index >= 15 is 0 Å². The summed E-state index contributed by atoms with van der Waals surface area (Å²) in [6.07, 6.45) is 14.0. The Kier molecular flexibility index (Phi) is 6.67. The molecule has 0 aromatic rings. The molecule has 5 atom stereocenters. The topological polar surface area (TPSA) is 0 Å². The van der Waals surface area contributed by atoms with Crippen LogP contribution in [0.4, 0.5) is 0 Å². The number of hydrogen-bond donors (Lipinski definition) is 0. The molecule has 0 spiro atoms. The second-order valence-electron chi connectivity index (χ2n) is 7.21. The van der Waals surface area contributed by atoms with E-state index in [4.69, 9.17) is 0 Å². The molecule has 0 aromatic heterocycles. The van der Waals surface area contributed by atoms with Crippen LogP contribution in [-0.2, 0) is 0 Å². The van der Waals surface area contributed by atoms with Gasteiger partial charge in [0.1, 0.15) is 0 Å². The number of thioether (sulfide) groups is 1. The lowest BCUT2D eigenvalue weighted by atomic mass is 9.64. The van der Waals surface area contributed by atoms with Crippen LogP contribution >= 0.6 is 11.8 Å². The molecule has 2 rings (SSSR count). The zero-order valence-electron chi connectivity index (χ0n) is 14.1. The Morgan fingerprint density at radius 2 is 1.81 bits per heavy atom. The summed E-state index contributed by atoms with van der Waals surface area (Å²) < 4.78 is 0. The van der Waals surface area contributed by atoms with Gasteiger partial charge < -0.3 is 0 Å². The normalized spacial score (nSPS) is 40.3. The molecule has 1 saturated carbocycles. The lowest BCUT2D eigenvalue weighted by molar-refractivity contribution is 0.149. The first-order chi connectivity index (χ1) is 10.1. The van der Waals surface area contributed by atoms with Gasteiger partial charge in [0.05, 0.1) is 0 Å². The zero-order valence-corrected chi connectivity index (χ0v) is 14.9. The molecule has 0 bridgehead atoms. The fraction of sp³-hybridized carbons (Fsp3) is 0.700. The van der Waals surface area contributed by atoms with Crippen LogP contribution in [0, 0.1) is 29.6 Å². The van der Waals surface area contributed by atoms with Gasteiger partial charge in [-0.1, -0.05) is 57.2 Å². The summed E-state index contributed by atoms with van der Waals surface area (Å²) in [4.78, 5) is 0. The maximum Gasteiger partial charge on any atom is -0.00389 e. The van der Waals surface area contributed by atoms with E-state index in [9.17, 15) is 0 Å². The largest absolute Gasteiger partial charge is 0.161 e. The van der Waals surface area contributed by atoms with Crippen LogP contribution in [0.25, 0.3) is 0 Å². The third-order valence-electron chi connectivity index (χ3n) is 5.61. The van der Waals surface area contributed by atoms with Crippen molar-refractivity contribution < 1.29 is 0 Å². The lowest BCUT2D eigenvalue weighted by Crippen LogP contribution is -2.33. The first kappa shape index (κ1) is 16.9. The van der Waals surface area contributed by atoms with Gasteiger partial charge in [-0.15, -0.1) is 0 Å². The Balaban J connectivity index is 2.14. The summed E-state index contributed by atoms with van der Waals surface area (Å²) in [7, 11) is 0. The van der Waals surface area contributed by atoms with E-state index in [1.54, 1.807) is 5.57 Å². The average molecular weight is 305 g/mol. The molecule has 0 aromatic carbocycles. The quantitative estimate of drug-likeness (QED) is 0.554. The third kappa shape index (κ3) is 4.52. The summed E-state index contributed by atoms with van der Waals surface area (Å²) >= 11 is 2.20. The Bertz CT molecular complexity index is 393. The monoisotopic (exact) mass is 304 g/mol. The number of allylic oxidation sites excluding steroid dienone is 5. The van der Waals surface area contributed by atoms with Crippen LogP contribution in [0.1, 0.15) is 46.5 Å². The van der Waals surface area contributed by atoms with Crippen LogP contribution in [-0.4, -0.2) is 11.5 Å². The summed E-state index contributed by atoms with van der Waals surface area (Å²) in [5, 5.41) is 0. The zero-order chi connectivity index (χ0) is 15.2. The molecule has 1 aliphatic carbocycles. The van der Waals surface area contributed by atoms with Crippen molar-refractivity contribution in [3.05, 3.63) is 36.5 Å². The van der Waals surface area contributed by atoms with Gasteiger partial charge >= 0.3 is 0 Å². The van der Waals surface area contributed by atoms with Crippen molar-refractivity contribution in [3.8, 4) is 0 Å². The second kappa shape index (κ2) is 8.27. The van der Waals surface area contributed by atoms with Crippen molar-refractivity contribution in [1.82, 2.24) is 0 Å². The van der Waals surface area contributed by atoms with Gasteiger partial charge in [-0.2, -0.15) is 11.8 Å². The van der Waals surface area contributed by atoms with Crippen LogP contribution in [0.15, 0.2) is 36.5 Å². The third-order valence-corrected chi connectivity index (χ3v) is 7.17. The Hall–Kier alpha value is -0.430. The Morgan fingerprint density at radius 3 is 2.57 bits per heavy atom. The summed E-state index contributed by atoms with van der Waals surface area (Å²) in [6.45, 7) is 11.2. The SMILES string of the molecule is C=C/C=C\C=C1\CCC2C(CCC(C)CSC[C@@H]2C)C1C. The first-order valence-corrected chi connectivity index (χ1v) is 9.84. The van der Waals surface area contributed by atoms with Gasteiger partial charge in [-0.25, -0.2) is 0 Å². The van der Waals surface area contributed by atoms with Crippen molar-refractivity contribution in [1.29, 1.82) is 0 Å². The molecule has 2 fully saturated rings. The molecule has 1 heteroatoms. The van der Waals surface area contributed by atoms with Crippen LogP contribution in [0.3, 0.4) is 0 Å². The van der Waals surface area contributed by atoms with Gasteiger partial charge in [0.25, 0.3) is 0 Å². The highest BCUT2D eigenvalue weighted by Gasteiger charge is 2.36. The molecule has 1 aliphatic heterocycles. The average Bonchev–Trinajstić information content (AvgIpc) is 2.53. The van der Waals surface area contributed by atoms with Crippen molar-refractivity contribution in [2.24, 2.45) is 29.6 Å². The van der Waals surface area contributed by atoms with Crippen molar-refractivity contribution in [2.45, 2.75) is 46.5 Å². The fourth-order valence-corrected chi connectivity index (χ4v) is 5.55. The molecule has 2 aliphatic rings. The van der Waals surface area contributed by atoms with Gasteiger partial charge in [0, 0.05) is 0 Å². The van der Waals surface area contributed by atoms with E-state index in [-0.39, 0.29) is 0 Å². The van der Waals surface area contributed by atoms with Gasteiger partial charge in [0.2, 0.25) is 0 Å². The highest BCUT2D eigenvalue weighted by atomic mass is 32.2. The van der Waals surface area contributed by atoms with E-state index in [0.717, 1.165) is 29.6 Å². The van der Waals surface area contributed by atoms with E-state index in [0.29, 0.717) is 0 Å². The first-order valence-electron chi connectivity index (χ1n) is 8.69. The van der Waals surface area contributed by atoms with Gasteiger partial charge in [-0.3, -0.25) is 0 Å². The number of rotatable bonds is 2. The minimum absolute atomic E-state index is 0.760. The number of fused-ring (bicyclic) bond motifs is 1. The molecule has 1 heterocycles. The van der Waals surface area contributed by atoms with Crippen LogP contribution in [0.2, 0.25) is 0 Å². The van der Waals surface area contributed by atoms with Crippen LogP contribution < -0.4 is 0 Å². The summed E-state index contributed by atoms with van der Waals surface area (Å²) in [5.74, 6) is 7.12. The second-order valence-corrected chi connectivity index (χ2v) is 8.29. The predicted octanol–water partition coefficient (Wildman–Crippen LogP) is 6.12. The molecule has 4 unspecified atom stereocenters. The minimum atomic E-state index is 0.760. The number of hydrogen-bond acceptors (Lipinski definition) is 1. The van der Waals surface area contributed by atoms with E-state index in [1.807, 2.05) is 6.08 Å². The fourth-order valence-electron chi connectivity index (χ4n) is 4.22. The predicted molar refractivity (Wildman–Crippen MR) is 97.7 cm³/mol. The highest BCUT2D eigenvalue weighted by Crippen LogP contribution is 2.46. The molecule has 21 heavy (non-hydrogen) atoms. The van der Waals surface area contributed by atoms with Crippen molar-refractivity contribution in [2.75, 3.05) is 11.5 Å². The smallest absolute Gasteiger partial charge is 0.00389 e. The van der Waals surface area contributed by atoms with Gasteiger partial charge in [0.15, 0.2) is 0 Å². The minimum Gasteiger partial charge on any atom is -0.161 e. The van der Waals surface area contributed by atoms with E-state index in [1.165, 1.54) is 37.2 Å². The van der Waals surface area contributed by atoms with E-state index in [2.05, 4.69) is 57.3 Å². The lowest BCUT2D eigenvalue weighted by Gasteiger charge is -2.41. The molecule has 0 nitrogen and oxygen atoms in total. The summed E-state index contributed by atoms with van der Waals surface area (Å²) in [5.41, 5.74) is 1.67. The Morgan fingerprint density at radius 1 is 1.00 bits per heavy atom. The van der Waals surface area contributed by atoms with Gasteiger partial charge in [-0.05, 0) is 66.8 Å². The summed E-state index contributed by atoms with van der Waals surface area (Å²) in [6, 6.07) is 0. The molecule has 1 saturated heterocycles. The van der Waals surface area contributed by atoms with Crippen LogP contribution in [0.5, 0.6) is 0 Å². The highest BCUT2D eigenvalue weighted by molar-refractivity contribution is 7.99. The standard InChI is InChI=1S/C20H32S/c1-5-6-7-8-18-10-12-19-16(3)14-21-13-15(2)9-11-20(19)17(18)4/h5-8,15-17,19-20H,1,9-14H2,2-4H3/b7-6-,18-8-/t15?,16-,17?,19?,20?/m0/s1. The van der Waals surface area contributed by atoms with Crippen molar-refractivity contribution >= 4 is 11.8 Å². The molecular formula is C20H32S. The maximum absolute atomic E-state index is 3.76. The maximum atomic E-state index is 3.76. The van der Waals surface area contributed by atoms with Crippen molar-refractivity contribution in [3.63, 3.8) is 0 Å². The molecule has 0 radical (unpaired) electrons. The molecule has 118 valence electrons. The molecular weight excluding hydrogens is 272 g/mol. The molecule has 0 amide bonds. The van der Waals surface area contributed by atoms with E-state index < -0.39 is 0 Å².